The lowest BCUT2D eigenvalue weighted by atomic mass is 9.80. The van der Waals surface area contributed by atoms with E-state index in [0.29, 0.717) is 18.4 Å². The van der Waals surface area contributed by atoms with E-state index >= 15 is 0 Å². The molecule has 0 bridgehead atoms. The van der Waals surface area contributed by atoms with Crippen molar-refractivity contribution in [3.63, 3.8) is 0 Å². The predicted octanol–water partition coefficient (Wildman–Crippen LogP) is 2.19. The summed E-state index contributed by atoms with van der Waals surface area (Å²) >= 11 is 0. The minimum Gasteiger partial charge on any atom is -0.481 e. The first-order valence-electron chi connectivity index (χ1n) is 7.64. The van der Waals surface area contributed by atoms with Gasteiger partial charge in [-0.25, -0.2) is 0 Å². The van der Waals surface area contributed by atoms with Crippen LogP contribution in [-0.2, 0) is 16.0 Å². The molecule has 0 radical (unpaired) electrons. The van der Waals surface area contributed by atoms with Gasteiger partial charge in [-0.3, -0.25) is 14.4 Å². The minimum absolute atomic E-state index is 0.0465. The van der Waals surface area contributed by atoms with Gasteiger partial charge in [0.05, 0.1) is 5.92 Å². The maximum atomic E-state index is 12.0. The normalized spacial score (nSPS) is 20.0. The first kappa shape index (κ1) is 16.2. The number of aliphatic carboxylic acids is 1. The lowest BCUT2D eigenvalue weighted by Gasteiger charge is -2.32. The molecule has 0 atom stereocenters. The van der Waals surface area contributed by atoms with Crippen molar-refractivity contribution < 1.29 is 19.5 Å². The number of rotatable bonds is 7. The molecule has 5 heteroatoms. The summed E-state index contributed by atoms with van der Waals surface area (Å²) in [6.45, 7) is 2.05. The molecule has 1 aliphatic rings. The van der Waals surface area contributed by atoms with Crippen LogP contribution in [0.1, 0.15) is 48.5 Å². The van der Waals surface area contributed by atoms with E-state index in [1.54, 1.807) is 12.1 Å². The number of aryl methyl sites for hydroxylation is 1. The van der Waals surface area contributed by atoms with Gasteiger partial charge in [0.15, 0.2) is 5.78 Å². The van der Waals surface area contributed by atoms with Crippen molar-refractivity contribution in [2.75, 3.05) is 0 Å². The third-order valence-corrected chi connectivity index (χ3v) is 4.12. The van der Waals surface area contributed by atoms with Crippen molar-refractivity contribution in [2.45, 2.75) is 45.1 Å². The molecular formula is C17H21NO4. The van der Waals surface area contributed by atoms with Crippen LogP contribution in [0, 0.1) is 5.92 Å². The molecule has 1 aromatic carbocycles. The van der Waals surface area contributed by atoms with Gasteiger partial charge in [0, 0.05) is 24.4 Å². The lowest BCUT2D eigenvalue weighted by molar-refractivity contribution is -0.146. The van der Waals surface area contributed by atoms with Crippen molar-refractivity contribution in [1.29, 1.82) is 0 Å². The van der Waals surface area contributed by atoms with Gasteiger partial charge in [0.1, 0.15) is 0 Å². The molecule has 22 heavy (non-hydrogen) atoms. The van der Waals surface area contributed by atoms with E-state index in [2.05, 4.69) is 12.2 Å². The molecule has 2 rings (SSSR count). The summed E-state index contributed by atoms with van der Waals surface area (Å²) in [6, 6.07) is 7.37. The van der Waals surface area contributed by atoms with Gasteiger partial charge in [0.2, 0.25) is 5.91 Å². The Morgan fingerprint density at radius 3 is 2.32 bits per heavy atom. The molecule has 1 aromatic rings. The van der Waals surface area contributed by atoms with Crippen LogP contribution in [0.4, 0.5) is 0 Å². The molecule has 1 saturated carbocycles. The third kappa shape index (κ3) is 4.16. The first-order valence-corrected chi connectivity index (χ1v) is 7.64. The van der Waals surface area contributed by atoms with Crippen molar-refractivity contribution in [3.05, 3.63) is 35.4 Å². The average molecular weight is 303 g/mol. The fourth-order valence-corrected chi connectivity index (χ4v) is 2.53. The molecule has 118 valence electrons. The standard InChI is InChI=1S/C17H21NO4/c1-2-11-3-5-12(6-4-11)15(19)7-8-16(20)18-14-9-13(10-14)17(21)22/h3-6,13-14H,2,7-10H2,1H3,(H,18,20)(H,21,22). The molecule has 1 fully saturated rings. The summed E-state index contributed by atoms with van der Waals surface area (Å²) in [6.07, 6.45) is 2.20. The highest BCUT2D eigenvalue weighted by Gasteiger charge is 2.35. The largest absolute Gasteiger partial charge is 0.481 e. The van der Waals surface area contributed by atoms with E-state index in [4.69, 9.17) is 5.11 Å². The molecule has 1 aliphatic carbocycles. The Balaban J connectivity index is 1.71. The van der Waals surface area contributed by atoms with Crippen LogP contribution in [0.15, 0.2) is 24.3 Å². The van der Waals surface area contributed by atoms with Crippen LogP contribution in [0.25, 0.3) is 0 Å². The fraction of sp³-hybridized carbons (Fsp3) is 0.471. The molecule has 2 N–H and O–H groups in total. The molecule has 0 aromatic heterocycles. The van der Waals surface area contributed by atoms with Gasteiger partial charge >= 0.3 is 5.97 Å². The number of benzene rings is 1. The molecule has 0 heterocycles. The Morgan fingerprint density at radius 1 is 1.14 bits per heavy atom. The SMILES string of the molecule is CCc1ccc(C(=O)CCC(=O)NC2CC(C(=O)O)C2)cc1. The highest BCUT2D eigenvalue weighted by Crippen LogP contribution is 2.27. The Labute approximate surface area is 129 Å². The number of amides is 1. The topological polar surface area (TPSA) is 83.5 Å². The van der Waals surface area contributed by atoms with E-state index in [1.807, 2.05) is 12.1 Å². The van der Waals surface area contributed by atoms with E-state index < -0.39 is 5.97 Å². The smallest absolute Gasteiger partial charge is 0.306 e. The molecule has 5 nitrogen and oxygen atoms in total. The summed E-state index contributed by atoms with van der Waals surface area (Å²) in [5.41, 5.74) is 1.80. The fourth-order valence-electron chi connectivity index (χ4n) is 2.53. The summed E-state index contributed by atoms with van der Waals surface area (Å²) in [5.74, 6) is -1.39. The second kappa shape index (κ2) is 7.20. The minimum atomic E-state index is -0.809. The van der Waals surface area contributed by atoms with Crippen molar-refractivity contribution >= 4 is 17.7 Å². The first-order chi connectivity index (χ1) is 10.5. The van der Waals surface area contributed by atoms with Gasteiger partial charge in [0.25, 0.3) is 0 Å². The molecule has 0 saturated heterocycles. The van der Waals surface area contributed by atoms with Crippen LogP contribution in [-0.4, -0.2) is 28.8 Å². The number of nitrogens with one attached hydrogen (secondary N) is 1. The predicted molar refractivity (Wildman–Crippen MR) is 81.7 cm³/mol. The van der Waals surface area contributed by atoms with Gasteiger partial charge in [-0.05, 0) is 24.8 Å². The van der Waals surface area contributed by atoms with Gasteiger partial charge in [-0.1, -0.05) is 31.2 Å². The Morgan fingerprint density at radius 2 is 1.77 bits per heavy atom. The number of carboxylic acid groups (broad SMARTS) is 1. The molecule has 0 spiro atoms. The van der Waals surface area contributed by atoms with E-state index in [1.165, 1.54) is 5.56 Å². The van der Waals surface area contributed by atoms with Crippen molar-refractivity contribution in [1.82, 2.24) is 5.32 Å². The molecule has 0 aliphatic heterocycles. The Kier molecular flexibility index (Phi) is 5.31. The van der Waals surface area contributed by atoms with Crippen LogP contribution in [0.3, 0.4) is 0 Å². The van der Waals surface area contributed by atoms with E-state index in [-0.39, 0.29) is 36.5 Å². The van der Waals surface area contributed by atoms with Gasteiger partial charge in [-0.15, -0.1) is 0 Å². The number of Topliss-reactive ketones (excluding diaryl/α,β-unsaturated/α-hetero) is 1. The highest BCUT2D eigenvalue weighted by molar-refractivity contribution is 5.98. The summed E-state index contributed by atoms with van der Waals surface area (Å²) in [4.78, 5) is 34.4. The van der Waals surface area contributed by atoms with Gasteiger partial charge in [-0.2, -0.15) is 0 Å². The monoisotopic (exact) mass is 303 g/mol. The van der Waals surface area contributed by atoms with E-state index in [9.17, 15) is 14.4 Å². The highest BCUT2D eigenvalue weighted by atomic mass is 16.4. The quantitative estimate of drug-likeness (QED) is 0.756. The van der Waals surface area contributed by atoms with Crippen molar-refractivity contribution in [2.24, 2.45) is 5.92 Å². The zero-order chi connectivity index (χ0) is 16.1. The number of ketones is 1. The summed E-state index contributed by atoms with van der Waals surface area (Å²) in [7, 11) is 0. The maximum Gasteiger partial charge on any atom is 0.306 e. The summed E-state index contributed by atoms with van der Waals surface area (Å²) < 4.78 is 0. The molecular weight excluding hydrogens is 282 g/mol. The van der Waals surface area contributed by atoms with Crippen LogP contribution in [0.2, 0.25) is 0 Å². The second-order valence-electron chi connectivity index (χ2n) is 5.74. The van der Waals surface area contributed by atoms with Crippen LogP contribution >= 0.6 is 0 Å². The number of hydrogen-bond acceptors (Lipinski definition) is 3. The molecule has 1 amide bonds. The number of hydrogen-bond donors (Lipinski definition) is 2. The lowest BCUT2D eigenvalue weighted by Crippen LogP contribution is -2.46. The zero-order valence-corrected chi connectivity index (χ0v) is 12.7. The third-order valence-electron chi connectivity index (χ3n) is 4.12. The zero-order valence-electron chi connectivity index (χ0n) is 12.7. The van der Waals surface area contributed by atoms with E-state index in [0.717, 1.165) is 6.42 Å². The number of carbonyl (C=O) groups is 3. The summed E-state index contributed by atoms with van der Waals surface area (Å²) in [5, 5.41) is 11.5. The Hall–Kier alpha value is -2.17. The molecule has 0 unspecified atom stereocenters. The van der Waals surface area contributed by atoms with Crippen LogP contribution < -0.4 is 5.32 Å². The second-order valence-corrected chi connectivity index (χ2v) is 5.74. The van der Waals surface area contributed by atoms with Gasteiger partial charge < -0.3 is 10.4 Å². The van der Waals surface area contributed by atoms with Crippen molar-refractivity contribution in [3.8, 4) is 0 Å². The maximum absolute atomic E-state index is 12.0. The Bertz CT molecular complexity index is 559. The number of carbonyl (C=O) groups excluding carboxylic acids is 2. The average Bonchev–Trinajstić information content (AvgIpc) is 2.47. The number of carboxylic acids is 1. The van der Waals surface area contributed by atoms with Crippen LogP contribution in [0.5, 0.6) is 0 Å².